The molecule has 0 aromatic heterocycles. The smallest absolute Gasteiger partial charge is 0.0546 e. The van der Waals surface area contributed by atoms with Crippen LogP contribution in [0.5, 0.6) is 0 Å². The van der Waals surface area contributed by atoms with Gasteiger partial charge in [-0.05, 0) is 137 Å². The molecule has 0 saturated carbocycles. The van der Waals surface area contributed by atoms with Crippen molar-refractivity contribution < 1.29 is 0 Å². The third-order valence-electron chi connectivity index (χ3n) is 11.1. The van der Waals surface area contributed by atoms with Crippen molar-refractivity contribution in [1.29, 1.82) is 0 Å². The molecule has 246 valence electrons. The van der Waals surface area contributed by atoms with Gasteiger partial charge in [0.15, 0.2) is 0 Å². The van der Waals surface area contributed by atoms with Crippen LogP contribution in [0.25, 0.3) is 87.6 Å². The van der Waals surface area contributed by atoms with Crippen molar-refractivity contribution in [2.75, 3.05) is 4.90 Å². The lowest BCUT2D eigenvalue weighted by Crippen LogP contribution is -2.12. The second-order valence-electron chi connectivity index (χ2n) is 14.2. The minimum atomic E-state index is 1.13. The maximum atomic E-state index is 2.47. The van der Waals surface area contributed by atoms with Gasteiger partial charge in [0.2, 0.25) is 0 Å². The molecule has 0 saturated heterocycles. The van der Waals surface area contributed by atoms with Crippen molar-refractivity contribution in [2.45, 2.75) is 0 Å². The van der Waals surface area contributed by atoms with Crippen molar-refractivity contribution in [3.63, 3.8) is 0 Å². The predicted molar refractivity (Wildman–Crippen MR) is 226 cm³/mol. The van der Waals surface area contributed by atoms with Crippen LogP contribution in [0, 0.1) is 0 Å². The maximum Gasteiger partial charge on any atom is 0.0546 e. The summed E-state index contributed by atoms with van der Waals surface area (Å²) in [6, 6.07) is 73.6. The van der Waals surface area contributed by atoms with Crippen molar-refractivity contribution in [1.82, 2.24) is 0 Å². The third-order valence-corrected chi connectivity index (χ3v) is 11.1. The molecule has 0 spiro atoms. The minimum absolute atomic E-state index is 1.13. The first-order chi connectivity index (χ1) is 26.2. The number of hydrogen-bond donors (Lipinski definition) is 0. The van der Waals surface area contributed by atoms with E-state index in [1.54, 1.807) is 0 Å². The van der Waals surface area contributed by atoms with Gasteiger partial charge in [0.1, 0.15) is 0 Å². The van der Waals surface area contributed by atoms with Crippen LogP contribution in [0.2, 0.25) is 0 Å². The van der Waals surface area contributed by atoms with Gasteiger partial charge in [-0.2, -0.15) is 0 Å². The summed E-state index contributed by atoms with van der Waals surface area (Å²) >= 11 is 0. The van der Waals surface area contributed by atoms with Crippen LogP contribution in [-0.2, 0) is 0 Å². The summed E-state index contributed by atoms with van der Waals surface area (Å²) in [7, 11) is 0. The molecule has 0 bridgehead atoms. The molecule has 0 amide bonds. The van der Waals surface area contributed by atoms with E-state index in [2.05, 4.69) is 205 Å². The number of anilines is 3. The van der Waals surface area contributed by atoms with Crippen LogP contribution in [0.3, 0.4) is 0 Å². The lowest BCUT2D eigenvalue weighted by Gasteiger charge is -2.30. The summed E-state index contributed by atoms with van der Waals surface area (Å²) < 4.78 is 0. The number of nitrogens with zero attached hydrogens (tertiary/aromatic N) is 1. The first-order valence-corrected chi connectivity index (χ1v) is 18.3. The Morgan fingerprint density at radius 3 is 1.47 bits per heavy atom. The highest BCUT2D eigenvalue weighted by atomic mass is 15.1. The highest BCUT2D eigenvalue weighted by Crippen LogP contribution is 2.52. The second-order valence-corrected chi connectivity index (χ2v) is 14.2. The summed E-state index contributed by atoms with van der Waals surface area (Å²) in [6.45, 7) is 0. The van der Waals surface area contributed by atoms with E-state index in [1.807, 2.05) is 0 Å². The molecule has 53 heavy (non-hydrogen) atoms. The molecule has 0 N–H and O–H groups in total. The lowest BCUT2D eigenvalue weighted by atomic mass is 9.77. The predicted octanol–water partition coefficient (Wildman–Crippen LogP) is 14.8. The molecule has 1 nitrogen and oxygen atoms in total. The van der Waals surface area contributed by atoms with Gasteiger partial charge in [0.05, 0.1) is 11.4 Å². The Labute approximate surface area is 308 Å². The van der Waals surface area contributed by atoms with Crippen molar-refractivity contribution in [3.05, 3.63) is 200 Å². The molecular weight excluding hydrogens is 639 g/mol. The second kappa shape index (κ2) is 11.8. The molecule has 0 aliphatic heterocycles. The summed E-state index contributed by atoms with van der Waals surface area (Å²) in [4.78, 5) is 2.47. The zero-order chi connectivity index (χ0) is 34.9. The highest BCUT2D eigenvalue weighted by Gasteiger charge is 2.25. The van der Waals surface area contributed by atoms with Gasteiger partial charge in [-0.25, -0.2) is 0 Å². The fraction of sp³-hybridized carbons (Fsp3) is 0. The van der Waals surface area contributed by atoms with E-state index >= 15 is 0 Å². The Hall–Kier alpha value is -6.96. The summed E-state index contributed by atoms with van der Waals surface area (Å²) in [5.74, 6) is 0. The van der Waals surface area contributed by atoms with E-state index in [4.69, 9.17) is 0 Å². The van der Waals surface area contributed by atoms with Gasteiger partial charge in [0, 0.05) is 16.6 Å². The van der Waals surface area contributed by atoms with E-state index in [0.29, 0.717) is 0 Å². The normalized spacial score (nSPS) is 11.8. The molecule has 1 aliphatic carbocycles. The van der Waals surface area contributed by atoms with Crippen molar-refractivity contribution in [2.24, 2.45) is 0 Å². The fourth-order valence-corrected chi connectivity index (χ4v) is 8.43. The summed E-state index contributed by atoms with van der Waals surface area (Å²) in [6.07, 6.45) is 0. The first kappa shape index (κ1) is 29.7. The lowest BCUT2D eigenvalue weighted by molar-refractivity contribution is 1.31. The highest BCUT2D eigenvalue weighted by molar-refractivity contribution is 6.13. The van der Waals surface area contributed by atoms with Crippen LogP contribution in [0.4, 0.5) is 17.1 Å². The maximum absolute atomic E-state index is 2.47. The van der Waals surface area contributed by atoms with Crippen molar-refractivity contribution >= 4 is 60.2 Å². The van der Waals surface area contributed by atoms with Gasteiger partial charge in [0.25, 0.3) is 0 Å². The molecule has 1 aliphatic rings. The average Bonchev–Trinajstić information content (AvgIpc) is 3.23. The molecule has 10 aromatic rings. The molecule has 1 heteroatoms. The van der Waals surface area contributed by atoms with Gasteiger partial charge in [-0.1, -0.05) is 140 Å². The van der Waals surface area contributed by atoms with Gasteiger partial charge in [-0.15, -0.1) is 0 Å². The zero-order valence-electron chi connectivity index (χ0n) is 29.0. The average molecular weight is 672 g/mol. The topological polar surface area (TPSA) is 3.24 Å². The van der Waals surface area contributed by atoms with Crippen LogP contribution >= 0.6 is 0 Å². The molecule has 0 atom stereocenters. The van der Waals surface area contributed by atoms with E-state index in [9.17, 15) is 0 Å². The SMILES string of the molecule is c1ccc(-c2ccc3cc4c(cc3c2)-c2cc3cc(N(c5cc6ccccc6cc5-c5ccccc5)c5cccc6ccccc56)ccc3cc2-4)cc1. The largest absolute Gasteiger partial charge is 0.309 e. The first-order valence-electron chi connectivity index (χ1n) is 18.3. The molecule has 0 heterocycles. The van der Waals surface area contributed by atoms with Gasteiger partial charge >= 0.3 is 0 Å². The monoisotopic (exact) mass is 671 g/mol. The quantitative estimate of drug-likeness (QED) is 0.176. The van der Waals surface area contributed by atoms with Crippen LogP contribution in [0.15, 0.2) is 200 Å². The van der Waals surface area contributed by atoms with Gasteiger partial charge in [-0.3, -0.25) is 0 Å². The van der Waals surface area contributed by atoms with Gasteiger partial charge < -0.3 is 4.90 Å². The molecule has 0 radical (unpaired) electrons. The molecule has 11 rings (SSSR count). The van der Waals surface area contributed by atoms with E-state index in [-0.39, 0.29) is 0 Å². The molecule has 0 fully saturated rings. The minimum Gasteiger partial charge on any atom is -0.309 e. The number of hydrogen-bond acceptors (Lipinski definition) is 1. The standard InChI is InChI=1S/C52H33N/c1-3-12-34(13-4-1)39-22-23-40-29-47-48-30-41-24-25-44(27-43(41)32-50(48)49(47)31-42(40)26-39)53(51-21-11-19-35-16-9-10-20-45(35)51)52-33-38-18-8-7-17-37(38)28-46(52)36-14-5-2-6-15-36/h1-33H. The van der Waals surface area contributed by atoms with E-state index < -0.39 is 0 Å². The third kappa shape index (κ3) is 4.86. The van der Waals surface area contributed by atoms with Crippen LogP contribution in [0.1, 0.15) is 0 Å². The van der Waals surface area contributed by atoms with Crippen LogP contribution < -0.4 is 4.90 Å². The van der Waals surface area contributed by atoms with Crippen molar-refractivity contribution in [3.8, 4) is 44.5 Å². The number of rotatable bonds is 5. The molecule has 0 unspecified atom stereocenters. The fourth-order valence-electron chi connectivity index (χ4n) is 8.43. The zero-order valence-corrected chi connectivity index (χ0v) is 29.0. The van der Waals surface area contributed by atoms with Crippen LogP contribution in [-0.4, -0.2) is 0 Å². The molecular formula is C52H33N. The number of benzene rings is 10. The Morgan fingerprint density at radius 1 is 0.245 bits per heavy atom. The number of fused-ring (bicyclic) bond motifs is 8. The Bertz CT molecular complexity index is 3040. The summed E-state index contributed by atoms with van der Waals surface area (Å²) in [5.41, 5.74) is 13.7. The Kier molecular flexibility index (Phi) is 6.62. The molecule has 10 aromatic carbocycles. The van der Waals surface area contributed by atoms with E-state index in [0.717, 1.165) is 17.1 Å². The Morgan fingerprint density at radius 2 is 0.755 bits per heavy atom. The summed E-state index contributed by atoms with van der Waals surface area (Å²) in [5, 5.41) is 9.92. The Balaban J connectivity index is 1.10. The van der Waals surface area contributed by atoms with E-state index in [1.165, 1.54) is 87.6 Å².